The molecule has 1 N–H and O–H groups in total. The summed E-state index contributed by atoms with van der Waals surface area (Å²) in [5.74, 6) is 0.964. The Bertz CT molecular complexity index is 566. The maximum atomic E-state index is 5.51. The molecule has 0 radical (unpaired) electrons. The minimum Gasteiger partial charge on any atom is -0.496 e. The molecule has 0 amide bonds. The summed E-state index contributed by atoms with van der Waals surface area (Å²) < 4.78 is 5.51. The standard InChI is InChI=1S/C17H24N2OS/c1-5-18-15(8-14-6-7-21-11-14)9-16-13(3)17(20-4)12(2)10-19-16/h6-7,10-11,15,18H,5,8-9H2,1-4H3. The molecule has 0 aliphatic rings. The van der Waals surface area contributed by atoms with Crippen molar-refractivity contribution in [2.24, 2.45) is 0 Å². The van der Waals surface area contributed by atoms with Crippen molar-refractivity contribution in [2.75, 3.05) is 13.7 Å². The van der Waals surface area contributed by atoms with Crippen molar-refractivity contribution >= 4 is 11.3 Å². The molecule has 0 saturated heterocycles. The molecule has 2 heterocycles. The summed E-state index contributed by atoms with van der Waals surface area (Å²) in [5, 5.41) is 7.93. The Morgan fingerprint density at radius 3 is 2.76 bits per heavy atom. The predicted molar refractivity (Wildman–Crippen MR) is 89.5 cm³/mol. The molecule has 114 valence electrons. The normalized spacial score (nSPS) is 12.4. The number of nitrogens with one attached hydrogen (secondary N) is 1. The summed E-state index contributed by atoms with van der Waals surface area (Å²) in [7, 11) is 1.73. The van der Waals surface area contributed by atoms with E-state index in [1.807, 2.05) is 13.1 Å². The van der Waals surface area contributed by atoms with Crippen LogP contribution in [0.3, 0.4) is 0 Å². The van der Waals surface area contributed by atoms with Crippen LogP contribution in [0.1, 0.15) is 29.3 Å². The van der Waals surface area contributed by atoms with Crippen molar-refractivity contribution in [3.05, 3.63) is 45.4 Å². The summed E-state index contributed by atoms with van der Waals surface area (Å²) in [6, 6.07) is 2.61. The highest BCUT2D eigenvalue weighted by atomic mass is 32.1. The third-order valence-corrected chi connectivity index (χ3v) is 4.48. The van der Waals surface area contributed by atoms with E-state index in [-0.39, 0.29) is 0 Å². The number of ether oxygens (including phenoxy) is 1. The quantitative estimate of drug-likeness (QED) is 0.849. The van der Waals surface area contributed by atoms with Gasteiger partial charge >= 0.3 is 0 Å². The first-order valence-electron chi connectivity index (χ1n) is 7.39. The summed E-state index contributed by atoms with van der Waals surface area (Å²) in [6.45, 7) is 7.25. The van der Waals surface area contributed by atoms with Gasteiger partial charge in [-0.3, -0.25) is 4.98 Å². The van der Waals surface area contributed by atoms with Crippen LogP contribution in [0.2, 0.25) is 0 Å². The molecule has 1 unspecified atom stereocenters. The van der Waals surface area contributed by atoms with E-state index in [9.17, 15) is 0 Å². The lowest BCUT2D eigenvalue weighted by atomic mass is 10.00. The summed E-state index contributed by atoms with van der Waals surface area (Å²) in [6.07, 6.45) is 3.87. The van der Waals surface area contributed by atoms with Gasteiger partial charge < -0.3 is 10.1 Å². The maximum Gasteiger partial charge on any atom is 0.128 e. The van der Waals surface area contributed by atoms with Crippen molar-refractivity contribution in [1.82, 2.24) is 10.3 Å². The number of rotatable bonds is 7. The Morgan fingerprint density at radius 1 is 1.33 bits per heavy atom. The molecule has 0 aliphatic heterocycles. The van der Waals surface area contributed by atoms with Crippen molar-refractivity contribution < 1.29 is 4.74 Å². The van der Waals surface area contributed by atoms with Gasteiger partial charge in [0.2, 0.25) is 0 Å². The molecule has 0 fully saturated rings. The topological polar surface area (TPSA) is 34.2 Å². The number of hydrogen-bond donors (Lipinski definition) is 1. The van der Waals surface area contributed by atoms with E-state index in [4.69, 9.17) is 4.74 Å². The fraction of sp³-hybridized carbons (Fsp3) is 0.471. The predicted octanol–water partition coefficient (Wildman–Crippen LogP) is 3.53. The Balaban J connectivity index is 2.16. The second-order valence-corrected chi connectivity index (χ2v) is 6.12. The lowest BCUT2D eigenvalue weighted by Crippen LogP contribution is -2.33. The minimum atomic E-state index is 0.406. The molecular weight excluding hydrogens is 280 g/mol. The average Bonchev–Trinajstić information content (AvgIpc) is 2.96. The third-order valence-electron chi connectivity index (χ3n) is 3.74. The number of pyridine rings is 1. The van der Waals surface area contributed by atoms with Crippen molar-refractivity contribution in [3.63, 3.8) is 0 Å². The van der Waals surface area contributed by atoms with E-state index in [1.165, 1.54) is 5.56 Å². The fourth-order valence-electron chi connectivity index (χ4n) is 2.71. The van der Waals surface area contributed by atoms with Gasteiger partial charge in [0, 0.05) is 35.5 Å². The van der Waals surface area contributed by atoms with E-state index >= 15 is 0 Å². The number of aryl methyl sites for hydroxylation is 1. The Labute approximate surface area is 131 Å². The zero-order chi connectivity index (χ0) is 15.2. The van der Waals surface area contributed by atoms with E-state index in [2.05, 4.69) is 41.0 Å². The molecule has 3 nitrogen and oxygen atoms in total. The number of nitrogens with zero attached hydrogens (tertiary/aromatic N) is 1. The van der Waals surface area contributed by atoms with Crippen LogP contribution in [0.4, 0.5) is 0 Å². The monoisotopic (exact) mass is 304 g/mol. The highest BCUT2D eigenvalue weighted by Crippen LogP contribution is 2.25. The smallest absolute Gasteiger partial charge is 0.128 e. The van der Waals surface area contributed by atoms with E-state index in [0.29, 0.717) is 6.04 Å². The van der Waals surface area contributed by atoms with Crippen molar-refractivity contribution in [1.29, 1.82) is 0 Å². The highest BCUT2D eigenvalue weighted by Gasteiger charge is 2.15. The largest absolute Gasteiger partial charge is 0.496 e. The van der Waals surface area contributed by atoms with Crippen LogP contribution in [0.5, 0.6) is 5.75 Å². The Kier molecular flexibility index (Phi) is 5.76. The van der Waals surface area contributed by atoms with E-state index in [1.54, 1.807) is 18.4 Å². The van der Waals surface area contributed by atoms with Gasteiger partial charge in [-0.1, -0.05) is 6.92 Å². The molecular formula is C17H24N2OS. The molecule has 0 bridgehead atoms. The summed E-state index contributed by atoms with van der Waals surface area (Å²) in [4.78, 5) is 4.62. The first-order chi connectivity index (χ1) is 10.2. The van der Waals surface area contributed by atoms with Crippen LogP contribution in [0, 0.1) is 13.8 Å². The van der Waals surface area contributed by atoms with Crippen LogP contribution in [-0.2, 0) is 12.8 Å². The lowest BCUT2D eigenvalue weighted by Gasteiger charge is -2.19. The fourth-order valence-corrected chi connectivity index (χ4v) is 3.39. The van der Waals surface area contributed by atoms with Gasteiger partial charge in [0.15, 0.2) is 0 Å². The molecule has 1 atom stereocenters. The number of hydrogen-bond acceptors (Lipinski definition) is 4. The zero-order valence-corrected chi connectivity index (χ0v) is 14.1. The second kappa shape index (κ2) is 7.57. The van der Waals surface area contributed by atoms with Gasteiger partial charge in [-0.2, -0.15) is 11.3 Å². The molecule has 0 aromatic carbocycles. The lowest BCUT2D eigenvalue weighted by molar-refractivity contribution is 0.406. The first kappa shape index (κ1) is 16.0. The van der Waals surface area contributed by atoms with Crippen LogP contribution >= 0.6 is 11.3 Å². The molecule has 0 saturated carbocycles. The molecule has 0 aliphatic carbocycles. The highest BCUT2D eigenvalue weighted by molar-refractivity contribution is 7.07. The van der Waals surface area contributed by atoms with Crippen molar-refractivity contribution in [2.45, 2.75) is 39.7 Å². The zero-order valence-electron chi connectivity index (χ0n) is 13.3. The number of aromatic nitrogens is 1. The maximum absolute atomic E-state index is 5.51. The van der Waals surface area contributed by atoms with Crippen LogP contribution < -0.4 is 10.1 Å². The van der Waals surface area contributed by atoms with Crippen LogP contribution in [-0.4, -0.2) is 24.7 Å². The molecule has 2 rings (SSSR count). The van der Waals surface area contributed by atoms with Gasteiger partial charge in [0.05, 0.1) is 7.11 Å². The third kappa shape index (κ3) is 4.05. The molecule has 2 aromatic rings. The Morgan fingerprint density at radius 2 is 2.14 bits per heavy atom. The SMILES string of the molecule is CCNC(Cc1ccsc1)Cc1ncc(C)c(OC)c1C. The summed E-state index contributed by atoms with van der Waals surface area (Å²) >= 11 is 1.75. The van der Waals surface area contributed by atoms with Gasteiger partial charge in [-0.25, -0.2) is 0 Å². The summed E-state index contributed by atoms with van der Waals surface area (Å²) in [5.41, 5.74) is 4.77. The average molecular weight is 304 g/mol. The minimum absolute atomic E-state index is 0.406. The first-order valence-corrected chi connectivity index (χ1v) is 8.33. The van der Waals surface area contributed by atoms with Gasteiger partial charge in [-0.15, -0.1) is 0 Å². The number of thiophene rings is 1. The molecule has 2 aromatic heterocycles. The van der Waals surface area contributed by atoms with Gasteiger partial charge in [0.1, 0.15) is 5.75 Å². The second-order valence-electron chi connectivity index (χ2n) is 5.34. The van der Waals surface area contributed by atoms with Crippen LogP contribution in [0.25, 0.3) is 0 Å². The number of methoxy groups -OCH3 is 1. The molecule has 4 heteroatoms. The number of likely N-dealkylation sites (N-methyl/N-ethyl adjacent to an activating group) is 1. The van der Waals surface area contributed by atoms with Gasteiger partial charge in [-0.05, 0) is 49.2 Å². The Hall–Kier alpha value is -1.39. The molecule has 0 spiro atoms. The molecule has 21 heavy (non-hydrogen) atoms. The van der Waals surface area contributed by atoms with Gasteiger partial charge in [0.25, 0.3) is 0 Å². The van der Waals surface area contributed by atoms with E-state index < -0.39 is 0 Å². The van der Waals surface area contributed by atoms with Crippen LogP contribution in [0.15, 0.2) is 23.0 Å². The van der Waals surface area contributed by atoms with Crippen molar-refractivity contribution in [3.8, 4) is 5.75 Å². The van der Waals surface area contributed by atoms with E-state index in [0.717, 1.165) is 42.0 Å².